The fraction of sp³-hybridized carbons (Fsp3) is 0.316. The first-order chi connectivity index (χ1) is 13.1. The number of carbonyl (C=O) groups is 1. The SMILES string of the molecule is Cc1nc(C(=O)NCCNc2ncccn2)nn1-c1ccccc1C(C)C. The third kappa shape index (κ3) is 4.46. The fourth-order valence-corrected chi connectivity index (χ4v) is 2.70. The van der Waals surface area contributed by atoms with E-state index < -0.39 is 0 Å². The Morgan fingerprint density at radius 3 is 2.59 bits per heavy atom. The van der Waals surface area contributed by atoms with Gasteiger partial charge >= 0.3 is 0 Å². The number of para-hydroxylation sites is 1. The van der Waals surface area contributed by atoms with Crippen molar-refractivity contribution in [2.75, 3.05) is 18.4 Å². The van der Waals surface area contributed by atoms with Gasteiger partial charge in [-0.05, 0) is 30.5 Å². The lowest BCUT2D eigenvalue weighted by atomic mass is 10.0. The van der Waals surface area contributed by atoms with Crippen molar-refractivity contribution < 1.29 is 4.79 Å². The quantitative estimate of drug-likeness (QED) is 0.624. The number of hydrogen-bond donors (Lipinski definition) is 2. The van der Waals surface area contributed by atoms with E-state index in [9.17, 15) is 4.79 Å². The van der Waals surface area contributed by atoms with Crippen LogP contribution < -0.4 is 10.6 Å². The number of nitrogens with zero attached hydrogens (tertiary/aromatic N) is 5. The van der Waals surface area contributed by atoms with E-state index in [0.29, 0.717) is 30.8 Å². The summed E-state index contributed by atoms with van der Waals surface area (Å²) in [4.78, 5) is 24.8. The molecule has 1 amide bonds. The Morgan fingerprint density at radius 2 is 1.85 bits per heavy atom. The fourth-order valence-electron chi connectivity index (χ4n) is 2.70. The van der Waals surface area contributed by atoms with E-state index in [1.54, 1.807) is 23.1 Å². The molecule has 2 heterocycles. The summed E-state index contributed by atoms with van der Waals surface area (Å²) in [7, 11) is 0. The van der Waals surface area contributed by atoms with Crippen LogP contribution in [0.1, 0.15) is 41.8 Å². The molecule has 0 fully saturated rings. The second-order valence-electron chi connectivity index (χ2n) is 6.36. The summed E-state index contributed by atoms with van der Waals surface area (Å²) in [5.41, 5.74) is 2.10. The molecular weight excluding hydrogens is 342 g/mol. The number of carbonyl (C=O) groups excluding carboxylic acids is 1. The summed E-state index contributed by atoms with van der Waals surface area (Å²) in [5, 5.41) is 10.2. The molecule has 0 aliphatic rings. The Hall–Kier alpha value is -3.29. The number of rotatable bonds is 7. The molecule has 3 aromatic rings. The number of nitrogens with one attached hydrogen (secondary N) is 2. The molecule has 0 aliphatic carbocycles. The van der Waals surface area contributed by atoms with Crippen LogP contribution in [-0.4, -0.2) is 43.7 Å². The Balaban J connectivity index is 1.65. The molecule has 27 heavy (non-hydrogen) atoms. The standard InChI is InChI=1S/C19H23N7O/c1-13(2)15-7-4-5-8-16(15)26-14(3)24-17(25-26)18(27)20-11-12-23-19-21-9-6-10-22-19/h4-10,13H,11-12H2,1-3H3,(H,20,27)(H,21,22,23). The summed E-state index contributed by atoms with van der Waals surface area (Å²) < 4.78 is 1.72. The summed E-state index contributed by atoms with van der Waals surface area (Å²) in [6, 6.07) is 9.76. The lowest BCUT2D eigenvalue weighted by Gasteiger charge is -2.12. The van der Waals surface area contributed by atoms with Crippen molar-refractivity contribution in [1.29, 1.82) is 0 Å². The first-order valence-corrected chi connectivity index (χ1v) is 8.88. The molecule has 8 nitrogen and oxygen atoms in total. The van der Waals surface area contributed by atoms with Crippen LogP contribution in [-0.2, 0) is 0 Å². The van der Waals surface area contributed by atoms with Gasteiger partial charge in [0.15, 0.2) is 0 Å². The summed E-state index contributed by atoms with van der Waals surface area (Å²) in [6.45, 7) is 7.01. The molecule has 0 unspecified atom stereocenters. The van der Waals surface area contributed by atoms with Crippen LogP contribution in [0, 0.1) is 6.92 Å². The van der Waals surface area contributed by atoms with E-state index in [0.717, 1.165) is 11.3 Å². The van der Waals surface area contributed by atoms with E-state index in [4.69, 9.17) is 0 Å². The molecular formula is C19H23N7O. The largest absolute Gasteiger partial charge is 0.352 e. The second kappa shape index (κ2) is 8.39. The van der Waals surface area contributed by atoms with Crippen LogP contribution in [0.5, 0.6) is 0 Å². The van der Waals surface area contributed by atoms with Gasteiger partial charge in [-0.3, -0.25) is 4.79 Å². The molecule has 0 saturated carbocycles. The van der Waals surface area contributed by atoms with Crippen LogP contribution in [0.25, 0.3) is 5.69 Å². The first kappa shape index (κ1) is 18.5. The molecule has 0 saturated heterocycles. The Bertz CT molecular complexity index is 905. The third-order valence-corrected chi connectivity index (χ3v) is 4.02. The minimum Gasteiger partial charge on any atom is -0.352 e. The van der Waals surface area contributed by atoms with Crippen LogP contribution in [0.15, 0.2) is 42.7 Å². The molecule has 0 radical (unpaired) electrons. The lowest BCUT2D eigenvalue weighted by molar-refractivity contribution is 0.0945. The van der Waals surface area contributed by atoms with Gasteiger partial charge in [0, 0.05) is 25.5 Å². The zero-order chi connectivity index (χ0) is 19.2. The molecule has 0 spiro atoms. The van der Waals surface area contributed by atoms with Crippen LogP contribution in [0.2, 0.25) is 0 Å². The Labute approximate surface area is 158 Å². The van der Waals surface area contributed by atoms with Gasteiger partial charge in [-0.1, -0.05) is 32.0 Å². The number of aryl methyl sites for hydroxylation is 1. The highest BCUT2D eigenvalue weighted by Gasteiger charge is 2.17. The van der Waals surface area contributed by atoms with Crippen LogP contribution >= 0.6 is 0 Å². The van der Waals surface area contributed by atoms with Crippen molar-refractivity contribution in [3.05, 3.63) is 59.9 Å². The molecule has 2 aromatic heterocycles. The third-order valence-electron chi connectivity index (χ3n) is 4.02. The number of hydrogen-bond acceptors (Lipinski definition) is 6. The lowest BCUT2D eigenvalue weighted by Crippen LogP contribution is -2.30. The predicted molar refractivity (Wildman–Crippen MR) is 103 cm³/mol. The highest BCUT2D eigenvalue weighted by molar-refractivity contribution is 5.90. The van der Waals surface area contributed by atoms with E-state index in [2.05, 4.69) is 50.6 Å². The molecule has 3 rings (SSSR count). The smallest absolute Gasteiger partial charge is 0.291 e. The molecule has 0 atom stereocenters. The normalized spacial score (nSPS) is 10.8. The monoisotopic (exact) mass is 365 g/mol. The zero-order valence-electron chi connectivity index (χ0n) is 15.7. The molecule has 1 aromatic carbocycles. The van der Waals surface area contributed by atoms with Crippen molar-refractivity contribution in [3.63, 3.8) is 0 Å². The van der Waals surface area contributed by atoms with Crippen molar-refractivity contribution in [2.24, 2.45) is 0 Å². The van der Waals surface area contributed by atoms with Gasteiger partial charge in [0.25, 0.3) is 5.91 Å². The maximum absolute atomic E-state index is 12.4. The average molecular weight is 365 g/mol. The number of aromatic nitrogens is 5. The van der Waals surface area contributed by atoms with E-state index in [1.165, 1.54) is 0 Å². The highest BCUT2D eigenvalue weighted by atomic mass is 16.2. The maximum Gasteiger partial charge on any atom is 0.291 e. The van der Waals surface area contributed by atoms with E-state index >= 15 is 0 Å². The highest BCUT2D eigenvalue weighted by Crippen LogP contribution is 2.23. The van der Waals surface area contributed by atoms with Crippen LogP contribution in [0.4, 0.5) is 5.95 Å². The van der Waals surface area contributed by atoms with E-state index in [1.807, 2.05) is 25.1 Å². The topological polar surface area (TPSA) is 97.6 Å². The van der Waals surface area contributed by atoms with Gasteiger partial charge < -0.3 is 10.6 Å². The average Bonchev–Trinajstić information content (AvgIpc) is 3.07. The maximum atomic E-state index is 12.4. The molecule has 0 bridgehead atoms. The van der Waals surface area contributed by atoms with Crippen molar-refractivity contribution in [3.8, 4) is 5.69 Å². The molecule has 140 valence electrons. The summed E-state index contributed by atoms with van der Waals surface area (Å²) in [6.07, 6.45) is 3.31. The van der Waals surface area contributed by atoms with Gasteiger partial charge in [-0.15, -0.1) is 5.10 Å². The van der Waals surface area contributed by atoms with Gasteiger partial charge in [0.1, 0.15) is 5.82 Å². The second-order valence-corrected chi connectivity index (χ2v) is 6.36. The van der Waals surface area contributed by atoms with Crippen molar-refractivity contribution in [1.82, 2.24) is 30.0 Å². The van der Waals surface area contributed by atoms with Crippen molar-refractivity contribution >= 4 is 11.9 Å². The van der Waals surface area contributed by atoms with Gasteiger partial charge in [-0.2, -0.15) is 0 Å². The Kier molecular flexibility index (Phi) is 5.75. The van der Waals surface area contributed by atoms with Gasteiger partial charge in [0.05, 0.1) is 5.69 Å². The first-order valence-electron chi connectivity index (χ1n) is 8.88. The van der Waals surface area contributed by atoms with Crippen molar-refractivity contribution in [2.45, 2.75) is 26.7 Å². The predicted octanol–water partition coefficient (Wildman–Crippen LogP) is 2.33. The number of amides is 1. The minimum absolute atomic E-state index is 0.155. The minimum atomic E-state index is -0.311. The summed E-state index contributed by atoms with van der Waals surface area (Å²) in [5.74, 6) is 1.38. The molecule has 2 N–H and O–H groups in total. The van der Waals surface area contributed by atoms with E-state index in [-0.39, 0.29) is 11.7 Å². The van der Waals surface area contributed by atoms with Gasteiger partial charge in [0.2, 0.25) is 11.8 Å². The molecule has 0 aliphatic heterocycles. The van der Waals surface area contributed by atoms with Crippen LogP contribution in [0.3, 0.4) is 0 Å². The number of benzene rings is 1. The number of anilines is 1. The zero-order valence-corrected chi connectivity index (χ0v) is 15.7. The molecule has 8 heteroatoms. The Morgan fingerprint density at radius 1 is 1.11 bits per heavy atom. The summed E-state index contributed by atoms with van der Waals surface area (Å²) >= 11 is 0. The van der Waals surface area contributed by atoms with Gasteiger partial charge in [-0.25, -0.2) is 19.6 Å².